The number of benzene rings is 2. The first-order chi connectivity index (χ1) is 14.4. The highest BCUT2D eigenvalue weighted by Crippen LogP contribution is 2.27. The van der Waals surface area contributed by atoms with Crippen molar-refractivity contribution in [2.24, 2.45) is 0 Å². The first-order valence-electron chi connectivity index (χ1n) is 10.1. The number of rotatable bonds is 10. The van der Waals surface area contributed by atoms with Crippen LogP contribution in [0.4, 0.5) is 0 Å². The number of hydrogen-bond acceptors (Lipinski definition) is 3. The summed E-state index contributed by atoms with van der Waals surface area (Å²) >= 11 is 12.6. The summed E-state index contributed by atoms with van der Waals surface area (Å²) in [5.41, 5.74) is 1.70. The molecule has 1 atom stereocenters. The molecule has 2 amide bonds. The lowest BCUT2D eigenvalue weighted by molar-refractivity contribution is -0.143. The molecule has 2 aromatic rings. The molecule has 2 rings (SSSR count). The molecule has 5 nitrogen and oxygen atoms in total. The van der Waals surface area contributed by atoms with Crippen molar-refractivity contribution in [3.63, 3.8) is 0 Å². The van der Waals surface area contributed by atoms with E-state index < -0.39 is 6.04 Å². The van der Waals surface area contributed by atoms with E-state index in [1.807, 2.05) is 45.0 Å². The molecule has 0 saturated heterocycles. The molecule has 0 fully saturated rings. The molecule has 1 N–H and O–H groups in total. The topological polar surface area (TPSA) is 58.6 Å². The van der Waals surface area contributed by atoms with Gasteiger partial charge in [-0.25, -0.2) is 0 Å². The van der Waals surface area contributed by atoms with Crippen LogP contribution in [0.25, 0.3) is 0 Å². The lowest BCUT2D eigenvalue weighted by Crippen LogP contribution is -2.50. The van der Waals surface area contributed by atoms with Gasteiger partial charge >= 0.3 is 0 Å². The van der Waals surface area contributed by atoms with E-state index in [-0.39, 0.29) is 25.0 Å². The molecular formula is C23H28Cl2N2O3. The minimum atomic E-state index is -0.655. The zero-order valence-corrected chi connectivity index (χ0v) is 19.1. The molecule has 0 aliphatic heterocycles. The Morgan fingerprint density at radius 2 is 1.70 bits per heavy atom. The first kappa shape index (κ1) is 24.0. The van der Waals surface area contributed by atoms with Crippen LogP contribution in [-0.4, -0.2) is 35.9 Å². The Balaban J connectivity index is 2.25. The van der Waals surface area contributed by atoms with Gasteiger partial charge in [0.25, 0.3) is 5.91 Å². The molecule has 0 radical (unpaired) electrons. The summed E-state index contributed by atoms with van der Waals surface area (Å²) < 4.78 is 5.67. The van der Waals surface area contributed by atoms with Crippen LogP contribution >= 0.6 is 23.2 Å². The molecule has 0 spiro atoms. The van der Waals surface area contributed by atoms with Crippen LogP contribution in [0.1, 0.15) is 37.8 Å². The van der Waals surface area contributed by atoms with Crippen LogP contribution in [-0.2, 0) is 16.1 Å². The molecule has 2 aromatic carbocycles. The lowest BCUT2D eigenvalue weighted by Gasteiger charge is -2.31. The van der Waals surface area contributed by atoms with Crippen molar-refractivity contribution in [1.29, 1.82) is 0 Å². The number of aryl methyl sites for hydroxylation is 1. The zero-order valence-electron chi connectivity index (χ0n) is 17.6. The highest BCUT2D eigenvalue weighted by molar-refractivity contribution is 6.36. The highest BCUT2D eigenvalue weighted by Gasteiger charge is 2.29. The van der Waals surface area contributed by atoms with Crippen molar-refractivity contribution in [2.45, 2.75) is 46.2 Å². The third kappa shape index (κ3) is 6.64. The van der Waals surface area contributed by atoms with Gasteiger partial charge in [0.15, 0.2) is 6.61 Å². The average molecular weight is 451 g/mol. The van der Waals surface area contributed by atoms with Gasteiger partial charge in [0.05, 0.1) is 0 Å². The molecule has 30 heavy (non-hydrogen) atoms. The quantitative estimate of drug-likeness (QED) is 0.552. The number of nitrogens with one attached hydrogen (secondary N) is 1. The molecule has 0 aliphatic carbocycles. The predicted molar refractivity (Wildman–Crippen MR) is 121 cm³/mol. The van der Waals surface area contributed by atoms with Gasteiger partial charge in [-0.3, -0.25) is 9.59 Å². The van der Waals surface area contributed by atoms with Crippen molar-refractivity contribution >= 4 is 35.0 Å². The summed E-state index contributed by atoms with van der Waals surface area (Å²) in [6.07, 6.45) is 1.26. The summed E-state index contributed by atoms with van der Waals surface area (Å²) in [5, 5.41) is 3.77. The van der Waals surface area contributed by atoms with E-state index in [2.05, 4.69) is 5.32 Å². The number of nitrogens with zero attached hydrogens (tertiary/aromatic N) is 1. The molecule has 0 aromatic heterocycles. The highest BCUT2D eigenvalue weighted by atomic mass is 35.5. The standard InChI is InChI=1S/C23H28Cl2N2O3/c1-4-13-26-23(29)21(5-2)27(14-18-19(24)7-6-8-20(18)25)22(28)15-30-17-11-9-16(3)10-12-17/h6-12,21H,4-5,13-15H2,1-3H3,(H,26,29)/t21-/m0/s1. The SMILES string of the molecule is CCCNC(=O)[C@H](CC)N(Cc1c(Cl)cccc1Cl)C(=O)COc1ccc(C)cc1. The maximum atomic E-state index is 13.1. The summed E-state index contributed by atoms with van der Waals surface area (Å²) in [6.45, 7) is 6.29. The number of amides is 2. The Morgan fingerprint density at radius 1 is 1.07 bits per heavy atom. The minimum Gasteiger partial charge on any atom is -0.484 e. The molecule has 162 valence electrons. The van der Waals surface area contributed by atoms with Gasteiger partial charge in [0.2, 0.25) is 5.91 Å². The Hall–Kier alpha value is -2.24. The van der Waals surface area contributed by atoms with Crippen molar-refractivity contribution in [2.75, 3.05) is 13.2 Å². The third-order valence-electron chi connectivity index (χ3n) is 4.71. The fourth-order valence-corrected chi connectivity index (χ4v) is 3.52. The molecule has 0 unspecified atom stereocenters. The van der Waals surface area contributed by atoms with E-state index in [0.717, 1.165) is 12.0 Å². The van der Waals surface area contributed by atoms with Gasteiger partial charge in [-0.1, -0.05) is 60.8 Å². The zero-order chi connectivity index (χ0) is 22.1. The maximum absolute atomic E-state index is 13.1. The van der Waals surface area contributed by atoms with Crippen LogP contribution in [0.15, 0.2) is 42.5 Å². The molecule has 0 aliphatic rings. The van der Waals surface area contributed by atoms with Gasteiger partial charge in [-0.2, -0.15) is 0 Å². The monoisotopic (exact) mass is 450 g/mol. The van der Waals surface area contributed by atoms with Crippen LogP contribution in [0.2, 0.25) is 10.0 Å². The van der Waals surface area contributed by atoms with Crippen LogP contribution in [0.3, 0.4) is 0 Å². The Kier molecular flexibility index (Phi) is 9.47. The van der Waals surface area contributed by atoms with Crippen molar-refractivity contribution in [1.82, 2.24) is 10.2 Å². The van der Waals surface area contributed by atoms with Gasteiger partial charge < -0.3 is 15.0 Å². The molecular weight excluding hydrogens is 423 g/mol. The van der Waals surface area contributed by atoms with Crippen molar-refractivity contribution in [3.05, 3.63) is 63.6 Å². The number of carbonyl (C=O) groups is 2. The number of carbonyl (C=O) groups excluding carboxylic acids is 2. The Morgan fingerprint density at radius 3 is 2.27 bits per heavy atom. The lowest BCUT2D eigenvalue weighted by atomic mass is 10.1. The second-order valence-corrected chi connectivity index (χ2v) is 7.85. The molecule has 0 heterocycles. The molecule has 0 saturated carbocycles. The van der Waals surface area contributed by atoms with Crippen molar-refractivity contribution < 1.29 is 14.3 Å². The number of ether oxygens (including phenoxy) is 1. The number of halogens is 2. The molecule has 0 bridgehead atoms. The van der Waals surface area contributed by atoms with Crippen LogP contribution < -0.4 is 10.1 Å². The van der Waals surface area contributed by atoms with Gasteiger partial charge in [-0.05, 0) is 44.0 Å². The normalized spacial score (nSPS) is 11.6. The maximum Gasteiger partial charge on any atom is 0.261 e. The second kappa shape index (κ2) is 11.8. The summed E-state index contributed by atoms with van der Waals surface area (Å²) in [4.78, 5) is 27.4. The average Bonchev–Trinajstić information content (AvgIpc) is 2.73. The van der Waals surface area contributed by atoms with Crippen LogP contribution in [0, 0.1) is 6.92 Å². The van der Waals surface area contributed by atoms with Gasteiger partial charge in [0, 0.05) is 28.7 Å². The summed E-state index contributed by atoms with van der Waals surface area (Å²) in [5.74, 6) is 0.0735. The van der Waals surface area contributed by atoms with E-state index >= 15 is 0 Å². The van der Waals surface area contributed by atoms with E-state index in [9.17, 15) is 9.59 Å². The minimum absolute atomic E-state index is 0.118. The second-order valence-electron chi connectivity index (χ2n) is 7.04. The Bertz CT molecular complexity index is 836. The third-order valence-corrected chi connectivity index (χ3v) is 5.42. The fraction of sp³-hybridized carbons (Fsp3) is 0.391. The smallest absolute Gasteiger partial charge is 0.261 e. The predicted octanol–water partition coefficient (Wildman–Crippen LogP) is 5.01. The van der Waals surface area contributed by atoms with E-state index in [4.69, 9.17) is 27.9 Å². The number of hydrogen-bond donors (Lipinski definition) is 1. The summed E-state index contributed by atoms with van der Waals surface area (Å²) in [6, 6.07) is 12.0. The van der Waals surface area contributed by atoms with E-state index in [1.165, 1.54) is 4.90 Å². The first-order valence-corrected chi connectivity index (χ1v) is 10.8. The van der Waals surface area contributed by atoms with Crippen molar-refractivity contribution in [3.8, 4) is 5.75 Å². The molecule has 7 heteroatoms. The van der Waals surface area contributed by atoms with Gasteiger partial charge in [0.1, 0.15) is 11.8 Å². The van der Waals surface area contributed by atoms with Crippen LogP contribution in [0.5, 0.6) is 5.75 Å². The van der Waals surface area contributed by atoms with E-state index in [0.29, 0.717) is 34.3 Å². The Labute approximate surface area is 188 Å². The van der Waals surface area contributed by atoms with E-state index in [1.54, 1.807) is 18.2 Å². The fourth-order valence-electron chi connectivity index (χ4n) is 3.00. The largest absolute Gasteiger partial charge is 0.484 e. The van der Waals surface area contributed by atoms with Gasteiger partial charge in [-0.15, -0.1) is 0 Å². The summed E-state index contributed by atoms with van der Waals surface area (Å²) in [7, 11) is 0.